The Balaban J connectivity index is 1.34. The zero-order chi connectivity index (χ0) is 30.2. The fourth-order valence-electron chi connectivity index (χ4n) is 5.05. The Morgan fingerprint density at radius 2 is 1.86 bits per heavy atom. The first-order valence-electron chi connectivity index (χ1n) is 12.9. The number of benzene rings is 2. The molecule has 1 N–H and O–H groups in total. The zero-order valence-corrected chi connectivity index (χ0v) is 22.2. The molecule has 42 heavy (non-hydrogen) atoms. The highest BCUT2D eigenvalue weighted by molar-refractivity contribution is 6.07. The molecule has 2 heterocycles. The van der Waals surface area contributed by atoms with E-state index >= 15 is 0 Å². The molecule has 1 aliphatic heterocycles. The number of ether oxygens (including phenoxy) is 1. The second-order valence-corrected chi connectivity index (χ2v) is 9.99. The first-order valence-corrected chi connectivity index (χ1v) is 12.9. The third-order valence-electron chi connectivity index (χ3n) is 7.34. The van der Waals surface area contributed by atoms with Crippen molar-refractivity contribution in [3.05, 3.63) is 95.1 Å². The maximum Gasteiger partial charge on any atom is 0.418 e. The summed E-state index contributed by atoms with van der Waals surface area (Å²) < 4.78 is 59.8. The molecule has 1 fully saturated rings. The van der Waals surface area contributed by atoms with Gasteiger partial charge in [-0.05, 0) is 60.9 Å². The van der Waals surface area contributed by atoms with Gasteiger partial charge in [0.2, 0.25) is 11.5 Å². The summed E-state index contributed by atoms with van der Waals surface area (Å²) in [5.74, 6) is -3.06. The predicted octanol–water partition coefficient (Wildman–Crippen LogP) is 4.57. The molecule has 2 atom stereocenters. The molecule has 1 saturated heterocycles. The van der Waals surface area contributed by atoms with Gasteiger partial charge in [-0.15, -0.1) is 0 Å². The summed E-state index contributed by atoms with van der Waals surface area (Å²) in [7, 11) is 0. The van der Waals surface area contributed by atoms with E-state index < -0.39 is 60.5 Å². The van der Waals surface area contributed by atoms with Gasteiger partial charge in [0.05, 0.1) is 0 Å². The molecule has 9 nitrogen and oxygen atoms in total. The molecule has 0 saturated carbocycles. The van der Waals surface area contributed by atoms with Crippen LogP contribution in [0.2, 0.25) is 0 Å². The van der Waals surface area contributed by atoms with Crippen LogP contribution < -0.4 is 5.32 Å². The SMILES string of the molecule is CC(N(Cc1ccc(F)cc1)C(=O)CN1C(=O)O[C@@]2(CCc3cc(NC(=O)c4ccccn4)ccc32)C1=O)C(F)(F)F. The predicted molar refractivity (Wildman–Crippen MR) is 139 cm³/mol. The Kier molecular flexibility index (Phi) is 7.43. The van der Waals surface area contributed by atoms with Gasteiger partial charge in [0.25, 0.3) is 11.8 Å². The second kappa shape index (κ2) is 10.9. The number of nitrogens with zero attached hydrogens (tertiary/aromatic N) is 3. The number of halogens is 4. The summed E-state index contributed by atoms with van der Waals surface area (Å²) in [4.78, 5) is 57.0. The Bertz CT molecular complexity index is 1550. The molecule has 1 aromatic heterocycles. The Morgan fingerprint density at radius 3 is 2.52 bits per heavy atom. The van der Waals surface area contributed by atoms with E-state index in [9.17, 15) is 36.7 Å². The first-order chi connectivity index (χ1) is 19.9. The number of imide groups is 1. The lowest BCUT2D eigenvalue weighted by atomic mass is 9.94. The standard InChI is InChI=1S/C29H24F4N4O5/c1-17(29(31,32)33)36(15-18-5-7-20(30)8-6-18)24(38)16-37-26(40)28(42-27(37)41)12-11-19-14-21(9-10-22(19)28)35-25(39)23-4-2-3-13-34-23/h2-10,13-14,17H,11-12,15-16H2,1H3,(H,35,39)/t17?,28-/m1/s1. The van der Waals surface area contributed by atoms with Gasteiger partial charge in [-0.2, -0.15) is 13.2 Å². The van der Waals surface area contributed by atoms with E-state index in [1.165, 1.54) is 30.5 Å². The summed E-state index contributed by atoms with van der Waals surface area (Å²) >= 11 is 0. The third kappa shape index (κ3) is 5.41. The number of hydrogen-bond acceptors (Lipinski definition) is 6. The lowest BCUT2D eigenvalue weighted by Gasteiger charge is -2.31. The van der Waals surface area contributed by atoms with Gasteiger partial charge in [0.1, 0.15) is 24.1 Å². The molecule has 218 valence electrons. The lowest BCUT2D eigenvalue weighted by molar-refractivity contribution is -0.187. The number of hydrogen-bond donors (Lipinski definition) is 1. The molecule has 2 aliphatic rings. The zero-order valence-electron chi connectivity index (χ0n) is 22.2. The van der Waals surface area contributed by atoms with Crippen LogP contribution in [0.25, 0.3) is 0 Å². The molecule has 1 spiro atoms. The molecule has 0 radical (unpaired) electrons. The number of aromatic nitrogens is 1. The monoisotopic (exact) mass is 584 g/mol. The van der Waals surface area contributed by atoms with Crippen LogP contribution in [-0.2, 0) is 32.9 Å². The Hall–Kier alpha value is -4.81. The minimum absolute atomic E-state index is 0.0491. The number of fused-ring (bicyclic) bond motifs is 2. The van der Waals surface area contributed by atoms with Crippen molar-refractivity contribution in [1.82, 2.24) is 14.8 Å². The summed E-state index contributed by atoms with van der Waals surface area (Å²) in [5, 5.41) is 2.71. The van der Waals surface area contributed by atoms with E-state index in [2.05, 4.69) is 10.3 Å². The van der Waals surface area contributed by atoms with Crippen LogP contribution in [0.5, 0.6) is 0 Å². The molecule has 5 rings (SSSR count). The van der Waals surface area contributed by atoms with Crippen molar-refractivity contribution >= 4 is 29.5 Å². The van der Waals surface area contributed by atoms with Crippen molar-refractivity contribution in [1.29, 1.82) is 0 Å². The van der Waals surface area contributed by atoms with Crippen molar-refractivity contribution in [2.45, 2.75) is 44.1 Å². The number of carbonyl (C=O) groups excluding carboxylic acids is 4. The topological polar surface area (TPSA) is 109 Å². The Labute approximate surface area is 237 Å². The molecule has 0 bridgehead atoms. The first kappa shape index (κ1) is 28.7. The number of amides is 4. The molecular formula is C29H24F4N4O5. The molecule has 2 aromatic carbocycles. The van der Waals surface area contributed by atoms with Gasteiger partial charge in [0.15, 0.2) is 0 Å². The average molecular weight is 585 g/mol. The van der Waals surface area contributed by atoms with Crippen LogP contribution in [0.1, 0.15) is 40.5 Å². The summed E-state index contributed by atoms with van der Waals surface area (Å²) in [5.41, 5.74) is 0.0765. The lowest BCUT2D eigenvalue weighted by Crippen LogP contribution is -2.51. The van der Waals surface area contributed by atoms with Crippen LogP contribution in [0, 0.1) is 5.82 Å². The van der Waals surface area contributed by atoms with Crippen molar-refractivity contribution in [2.24, 2.45) is 0 Å². The van der Waals surface area contributed by atoms with E-state index in [0.29, 0.717) is 33.0 Å². The Morgan fingerprint density at radius 1 is 1.12 bits per heavy atom. The number of anilines is 1. The fourth-order valence-corrected chi connectivity index (χ4v) is 5.05. The van der Waals surface area contributed by atoms with Gasteiger partial charge in [-0.3, -0.25) is 19.4 Å². The van der Waals surface area contributed by atoms with E-state index in [1.54, 1.807) is 24.3 Å². The largest absolute Gasteiger partial charge is 0.427 e. The molecular weight excluding hydrogens is 560 g/mol. The van der Waals surface area contributed by atoms with E-state index in [4.69, 9.17) is 4.74 Å². The summed E-state index contributed by atoms with van der Waals surface area (Å²) in [6.07, 6.45) is -4.14. The molecule has 1 aliphatic carbocycles. The van der Waals surface area contributed by atoms with E-state index in [-0.39, 0.29) is 17.7 Å². The van der Waals surface area contributed by atoms with Gasteiger partial charge < -0.3 is 15.0 Å². The number of aryl methyl sites for hydroxylation is 1. The van der Waals surface area contributed by atoms with Gasteiger partial charge in [-0.1, -0.05) is 24.3 Å². The second-order valence-electron chi connectivity index (χ2n) is 9.99. The number of nitrogens with one attached hydrogen (secondary N) is 1. The highest BCUT2D eigenvalue weighted by atomic mass is 19.4. The van der Waals surface area contributed by atoms with Crippen molar-refractivity contribution < 1.29 is 41.5 Å². The van der Waals surface area contributed by atoms with Gasteiger partial charge in [-0.25, -0.2) is 14.1 Å². The quantitative estimate of drug-likeness (QED) is 0.408. The third-order valence-corrected chi connectivity index (χ3v) is 7.34. The van der Waals surface area contributed by atoms with E-state index in [0.717, 1.165) is 19.1 Å². The highest BCUT2D eigenvalue weighted by Gasteiger charge is 2.58. The molecule has 1 unspecified atom stereocenters. The van der Waals surface area contributed by atoms with Gasteiger partial charge >= 0.3 is 12.3 Å². The van der Waals surface area contributed by atoms with Crippen molar-refractivity contribution in [3.8, 4) is 0 Å². The van der Waals surface area contributed by atoms with Crippen molar-refractivity contribution in [3.63, 3.8) is 0 Å². The minimum atomic E-state index is -4.81. The van der Waals surface area contributed by atoms with Crippen LogP contribution in [-0.4, -0.2) is 57.4 Å². The summed E-state index contributed by atoms with van der Waals surface area (Å²) in [6.45, 7) is -0.725. The van der Waals surface area contributed by atoms with Crippen LogP contribution in [0.4, 0.5) is 28.0 Å². The molecule has 4 amide bonds. The van der Waals surface area contributed by atoms with Crippen LogP contribution >= 0.6 is 0 Å². The maximum atomic E-state index is 13.7. The normalized spacial score (nSPS) is 18.5. The smallest absolute Gasteiger partial charge is 0.418 e. The van der Waals surface area contributed by atoms with Crippen molar-refractivity contribution in [2.75, 3.05) is 11.9 Å². The van der Waals surface area contributed by atoms with E-state index in [1.807, 2.05) is 0 Å². The number of rotatable bonds is 7. The number of alkyl halides is 3. The average Bonchev–Trinajstić information content (AvgIpc) is 3.43. The molecule has 3 aromatic rings. The fraction of sp³-hybridized carbons (Fsp3) is 0.276. The number of carbonyl (C=O) groups is 4. The minimum Gasteiger partial charge on any atom is -0.427 e. The van der Waals surface area contributed by atoms with Crippen LogP contribution in [0.15, 0.2) is 66.9 Å². The van der Waals surface area contributed by atoms with Gasteiger partial charge in [0, 0.05) is 30.4 Å². The maximum absolute atomic E-state index is 13.7. The number of pyridine rings is 1. The molecule has 13 heteroatoms. The van der Waals surface area contributed by atoms with Crippen LogP contribution in [0.3, 0.4) is 0 Å². The summed E-state index contributed by atoms with van der Waals surface area (Å²) in [6, 6.07) is 11.9. The highest BCUT2D eigenvalue weighted by Crippen LogP contribution is 2.46.